The second kappa shape index (κ2) is 7.64. The summed E-state index contributed by atoms with van der Waals surface area (Å²) in [5, 5.41) is 30.6. The van der Waals surface area contributed by atoms with E-state index in [1.807, 2.05) is 6.07 Å². The number of phenolic OH excluding ortho intramolecular Hbond substituents is 1. The number of alkyl halides is 1. The number of piperidine rings is 2. The summed E-state index contributed by atoms with van der Waals surface area (Å²) in [7, 11) is 0. The fourth-order valence-electron chi connectivity index (χ4n) is 4.14. The highest BCUT2D eigenvalue weighted by Crippen LogP contribution is 2.34. The zero-order valence-corrected chi connectivity index (χ0v) is 16.3. The van der Waals surface area contributed by atoms with E-state index in [0.717, 1.165) is 29.8 Å². The number of fused-ring (bicyclic) bond motifs is 2. The molecule has 4 heterocycles. The minimum absolute atomic E-state index is 0.0793. The first-order valence-electron chi connectivity index (χ1n) is 9.68. The van der Waals surface area contributed by atoms with Gasteiger partial charge >= 0.3 is 0 Å². The molecule has 2 fully saturated rings. The number of halogens is 1. The SMILES string of the molecule is Oc1cc(-c2nncs2)ccc1-c1ccc(O[C@H]2CC3CCCC(N3)[C@H]2F)nn1. The Bertz CT molecular complexity index is 985. The molecule has 2 aliphatic heterocycles. The Kier molecular flexibility index (Phi) is 4.84. The van der Waals surface area contributed by atoms with Gasteiger partial charge in [0.2, 0.25) is 5.88 Å². The predicted octanol–water partition coefficient (Wildman–Crippen LogP) is 3.37. The molecule has 2 bridgehead atoms. The van der Waals surface area contributed by atoms with Crippen molar-refractivity contribution in [2.75, 3.05) is 0 Å². The van der Waals surface area contributed by atoms with Crippen LogP contribution in [0.25, 0.3) is 21.8 Å². The van der Waals surface area contributed by atoms with Gasteiger partial charge in [0.1, 0.15) is 22.4 Å². The van der Waals surface area contributed by atoms with Crippen LogP contribution in [-0.4, -0.2) is 49.9 Å². The molecule has 0 spiro atoms. The molecule has 2 aliphatic rings. The first-order chi connectivity index (χ1) is 14.2. The molecule has 2 unspecified atom stereocenters. The summed E-state index contributed by atoms with van der Waals surface area (Å²) < 4.78 is 20.5. The maximum Gasteiger partial charge on any atom is 0.233 e. The van der Waals surface area contributed by atoms with Crippen LogP contribution in [-0.2, 0) is 0 Å². The number of aromatic nitrogens is 4. The molecule has 0 aliphatic carbocycles. The topological polar surface area (TPSA) is 93.1 Å². The van der Waals surface area contributed by atoms with Gasteiger partial charge in [0.05, 0.1) is 5.69 Å². The number of nitrogens with zero attached hydrogens (tertiary/aromatic N) is 4. The number of benzene rings is 1. The third kappa shape index (κ3) is 3.67. The van der Waals surface area contributed by atoms with Gasteiger partial charge in [-0.25, -0.2) is 4.39 Å². The zero-order chi connectivity index (χ0) is 19.8. The molecule has 2 saturated heterocycles. The Labute approximate surface area is 171 Å². The van der Waals surface area contributed by atoms with Crippen LogP contribution < -0.4 is 10.1 Å². The first kappa shape index (κ1) is 18.4. The number of hydrogen-bond acceptors (Lipinski definition) is 8. The first-order valence-corrected chi connectivity index (χ1v) is 10.6. The van der Waals surface area contributed by atoms with Crippen molar-refractivity contribution < 1.29 is 14.2 Å². The van der Waals surface area contributed by atoms with Crippen molar-refractivity contribution in [1.29, 1.82) is 0 Å². The quantitative estimate of drug-likeness (QED) is 0.677. The summed E-state index contributed by atoms with van der Waals surface area (Å²) >= 11 is 1.40. The van der Waals surface area contributed by atoms with E-state index in [1.54, 1.807) is 29.8 Å². The van der Waals surface area contributed by atoms with Crippen molar-refractivity contribution in [3.05, 3.63) is 35.8 Å². The molecule has 150 valence electrons. The predicted molar refractivity (Wildman–Crippen MR) is 107 cm³/mol. The summed E-state index contributed by atoms with van der Waals surface area (Å²) in [6.45, 7) is 0. The number of aromatic hydroxyl groups is 1. The van der Waals surface area contributed by atoms with Crippen LogP contribution >= 0.6 is 11.3 Å². The van der Waals surface area contributed by atoms with E-state index < -0.39 is 12.3 Å². The molecule has 0 amide bonds. The van der Waals surface area contributed by atoms with Gasteiger partial charge in [0.25, 0.3) is 0 Å². The highest BCUT2D eigenvalue weighted by molar-refractivity contribution is 7.12. The van der Waals surface area contributed by atoms with E-state index in [2.05, 4.69) is 25.7 Å². The van der Waals surface area contributed by atoms with Crippen LogP contribution in [0.3, 0.4) is 0 Å². The molecular formula is C20H20FN5O2S. The fraction of sp³-hybridized carbons (Fsp3) is 0.400. The Hall–Kier alpha value is -2.65. The van der Waals surface area contributed by atoms with Gasteiger partial charge in [-0.05, 0) is 31.0 Å². The van der Waals surface area contributed by atoms with Gasteiger partial charge in [0.15, 0.2) is 6.17 Å². The molecule has 29 heavy (non-hydrogen) atoms. The smallest absolute Gasteiger partial charge is 0.233 e. The molecule has 7 nitrogen and oxygen atoms in total. The van der Waals surface area contributed by atoms with Gasteiger partial charge < -0.3 is 15.2 Å². The summed E-state index contributed by atoms with van der Waals surface area (Å²) in [4.78, 5) is 0. The van der Waals surface area contributed by atoms with Crippen LogP contribution in [0, 0.1) is 0 Å². The summed E-state index contributed by atoms with van der Waals surface area (Å²) in [5.74, 6) is 0.377. The lowest BCUT2D eigenvalue weighted by Gasteiger charge is -2.42. The van der Waals surface area contributed by atoms with Crippen molar-refractivity contribution in [1.82, 2.24) is 25.7 Å². The van der Waals surface area contributed by atoms with Crippen molar-refractivity contribution in [3.63, 3.8) is 0 Å². The Morgan fingerprint density at radius 3 is 2.83 bits per heavy atom. The molecule has 3 aromatic rings. The minimum atomic E-state index is -1.05. The third-order valence-electron chi connectivity index (χ3n) is 5.57. The van der Waals surface area contributed by atoms with Gasteiger partial charge in [-0.3, -0.25) is 0 Å². The summed E-state index contributed by atoms with van der Waals surface area (Å²) in [6.07, 6.45) is 2.03. The van der Waals surface area contributed by atoms with Crippen molar-refractivity contribution in [2.45, 2.75) is 50.0 Å². The molecule has 4 atom stereocenters. The number of phenols is 1. The van der Waals surface area contributed by atoms with E-state index in [1.165, 1.54) is 11.3 Å². The maximum absolute atomic E-state index is 14.7. The minimum Gasteiger partial charge on any atom is -0.507 e. The number of nitrogens with one attached hydrogen (secondary N) is 1. The number of ether oxygens (including phenoxy) is 1. The largest absolute Gasteiger partial charge is 0.507 e. The lowest BCUT2D eigenvalue weighted by Crippen LogP contribution is -2.59. The Balaban J connectivity index is 1.31. The number of rotatable bonds is 4. The molecule has 9 heteroatoms. The number of hydrogen-bond donors (Lipinski definition) is 2. The second-order valence-corrected chi connectivity index (χ2v) is 8.30. The molecule has 2 aromatic heterocycles. The van der Waals surface area contributed by atoms with Crippen molar-refractivity contribution >= 4 is 11.3 Å². The van der Waals surface area contributed by atoms with E-state index in [9.17, 15) is 9.50 Å². The Morgan fingerprint density at radius 1 is 1.14 bits per heavy atom. The van der Waals surface area contributed by atoms with Gasteiger partial charge in [-0.2, -0.15) is 0 Å². The molecular weight excluding hydrogens is 393 g/mol. The Morgan fingerprint density at radius 2 is 2.07 bits per heavy atom. The monoisotopic (exact) mass is 413 g/mol. The van der Waals surface area contributed by atoms with Gasteiger partial charge in [-0.15, -0.1) is 20.4 Å². The molecule has 0 saturated carbocycles. The lowest BCUT2D eigenvalue weighted by molar-refractivity contribution is 0.00652. The second-order valence-electron chi connectivity index (χ2n) is 7.47. The average molecular weight is 413 g/mol. The third-order valence-corrected chi connectivity index (χ3v) is 6.31. The maximum atomic E-state index is 14.7. The average Bonchev–Trinajstić information content (AvgIpc) is 3.28. The van der Waals surface area contributed by atoms with E-state index in [4.69, 9.17) is 4.74 Å². The van der Waals surface area contributed by atoms with Gasteiger partial charge in [-0.1, -0.05) is 23.8 Å². The zero-order valence-electron chi connectivity index (χ0n) is 15.5. The van der Waals surface area contributed by atoms with E-state index in [-0.39, 0.29) is 11.8 Å². The highest BCUT2D eigenvalue weighted by atomic mass is 32.1. The van der Waals surface area contributed by atoms with Crippen LogP contribution in [0.4, 0.5) is 4.39 Å². The molecule has 5 rings (SSSR count). The highest BCUT2D eigenvalue weighted by Gasteiger charge is 2.41. The van der Waals surface area contributed by atoms with Crippen molar-refractivity contribution in [2.24, 2.45) is 0 Å². The van der Waals surface area contributed by atoms with Crippen LogP contribution in [0.1, 0.15) is 25.7 Å². The van der Waals surface area contributed by atoms with Crippen molar-refractivity contribution in [3.8, 4) is 33.5 Å². The summed E-state index contributed by atoms with van der Waals surface area (Å²) in [5.41, 5.74) is 3.49. The van der Waals surface area contributed by atoms with Crippen LogP contribution in [0.2, 0.25) is 0 Å². The summed E-state index contributed by atoms with van der Waals surface area (Å²) in [6, 6.07) is 8.81. The fourth-order valence-corrected chi connectivity index (χ4v) is 4.69. The molecule has 1 aromatic carbocycles. The van der Waals surface area contributed by atoms with E-state index >= 15 is 0 Å². The van der Waals surface area contributed by atoms with Crippen LogP contribution in [0.5, 0.6) is 11.6 Å². The molecule has 0 radical (unpaired) electrons. The van der Waals surface area contributed by atoms with Gasteiger partial charge in [0, 0.05) is 35.7 Å². The van der Waals surface area contributed by atoms with Crippen LogP contribution in [0.15, 0.2) is 35.8 Å². The normalized spacial score (nSPS) is 26.2. The lowest BCUT2D eigenvalue weighted by atomic mass is 9.84. The standard InChI is InChI=1S/C20H20FN5O2S/c21-19-15-3-1-2-12(23-15)9-17(19)28-18-7-6-14(24-25-18)13-5-4-11(8-16(13)27)20-26-22-10-29-20/h4-8,10,12,15,17,19,23,27H,1-3,9H2/t12?,15?,17-,19+/m0/s1. The van der Waals surface area contributed by atoms with E-state index in [0.29, 0.717) is 29.6 Å². The molecule has 2 N–H and O–H groups in total.